The number of hydrogen-bond acceptors (Lipinski definition) is 4. The van der Waals surface area contributed by atoms with Gasteiger partial charge in [-0.2, -0.15) is 0 Å². The number of rotatable bonds is 5. The van der Waals surface area contributed by atoms with Gasteiger partial charge in [0, 0.05) is 6.08 Å². The van der Waals surface area contributed by atoms with Gasteiger partial charge in [0.25, 0.3) is 0 Å². The molecule has 0 atom stereocenters. The average molecular weight is 319 g/mol. The standard InChI is InChI=1S/C16H15ClN2O3/c1-21-12-8-6-11(10-13(12)22-2)7-9-16(20)19-15-5-3-4-14(17)18-15/h3-10H,1-2H3,(H,18,19,20)/b9-7+. The van der Waals surface area contributed by atoms with Crippen LogP contribution in [0.1, 0.15) is 5.56 Å². The number of carbonyl (C=O) groups excluding carboxylic acids is 1. The van der Waals surface area contributed by atoms with E-state index in [2.05, 4.69) is 10.3 Å². The minimum Gasteiger partial charge on any atom is -0.493 e. The fourth-order valence-corrected chi connectivity index (χ4v) is 1.94. The quantitative estimate of drug-likeness (QED) is 0.678. The maximum atomic E-state index is 11.8. The second-order valence-corrected chi connectivity index (χ2v) is 4.67. The van der Waals surface area contributed by atoms with Crippen molar-refractivity contribution in [1.82, 2.24) is 4.98 Å². The van der Waals surface area contributed by atoms with Crippen LogP contribution in [0.25, 0.3) is 6.08 Å². The molecule has 0 fully saturated rings. The lowest BCUT2D eigenvalue weighted by Gasteiger charge is -2.07. The van der Waals surface area contributed by atoms with E-state index in [0.29, 0.717) is 22.5 Å². The van der Waals surface area contributed by atoms with E-state index in [-0.39, 0.29) is 5.91 Å². The fraction of sp³-hybridized carbons (Fsp3) is 0.125. The van der Waals surface area contributed by atoms with Crippen LogP contribution in [0.2, 0.25) is 5.15 Å². The first-order valence-corrected chi connectivity index (χ1v) is 6.84. The summed E-state index contributed by atoms with van der Waals surface area (Å²) in [7, 11) is 3.13. The summed E-state index contributed by atoms with van der Waals surface area (Å²) in [5.74, 6) is 1.33. The summed E-state index contributed by atoms with van der Waals surface area (Å²) in [6, 6.07) is 10.4. The van der Waals surface area contributed by atoms with Crippen LogP contribution in [0, 0.1) is 0 Å². The highest BCUT2D eigenvalue weighted by Gasteiger charge is 2.04. The highest BCUT2D eigenvalue weighted by atomic mass is 35.5. The van der Waals surface area contributed by atoms with Gasteiger partial charge in [-0.3, -0.25) is 4.79 Å². The lowest BCUT2D eigenvalue weighted by molar-refractivity contribution is -0.111. The van der Waals surface area contributed by atoms with Gasteiger partial charge in [-0.25, -0.2) is 4.98 Å². The highest BCUT2D eigenvalue weighted by molar-refractivity contribution is 6.29. The van der Waals surface area contributed by atoms with Crippen molar-refractivity contribution in [2.24, 2.45) is 0 Å². The Balaban J connectivity index is 2.06. The molecule has 6 heteroatoms. The molecule has 0 aliphatic heterocycles. The molecule has 0 spiro atoms. The van der Waals surface area contributed by atoms with Crippen molar-refractivity contribution in [2.75, 3.05) is 19.5 Å². The van der Waals surface area contributed by atoms with Crippen LogP contribution < -0.4 is 14.8 Å². The van der Waals surface area contributed by atoms with Gasteiger partial charge >= 0.3 is 0 Å². The number of nitrogens with zero attached hydrogens (tertiary/aromatic N) is 1. The van der Waals surface area contributed by atoms with Crippen LogP contribution in [-0.2, 0) is 4.79 Å². The summed E-state index contributed by atoms with van der Waals surface area (Å²) < 4.78 is 10.4. The molecular weight excluding hydrogens is 304 g/mol. The Morgan fingerprint density at radius 3 is 2.64 bits per heavy atom. The first kappa shape index (κ1) is 15.9. The summed E-state index contributed by atoms with van der Waals surface area (Å²) in [4.78, 5) is 15.8. The molecule has 5 nitrogen and oxygen atoms in total. The number of aromatic nitrogens is 1. The molecule has 1 heterocycles. The number of anilines is 1. The Kier molecular flexibility index (Phi) is 5.38. The van der Waals surface area contributed by atoms with E-state index in [4.69, 9.17) is 21.1 Å². The van der Waals surface area contributed by atoms with Crippen LogP contribution in [0.15, 0.2) is 42.5 Å². The molecule has 1 N–H and O–H groups in total. The average Bonchev–Trinajstić information content (AvgIpc) is 2.52. The van der Waals surface area contributed by atoms with Crippen LogP contribution in [0.4, 0.5) is 5.82 Å². The van der Waals surface area contributed by atoms with Crippen LogP contribution in [0.3, 0.4) is 0 Å². The summed E-state index contributed by atoms with van der Waals surface area (Å²) in [5, 5.41) is 2.95. The lowest BCUT2D eigenvalue weighted by Crippen LogP contribution is -2.08. The van der Waals surface area contributed by atoms with E-state index < -0.39 is 0 Å². The molecule has 0 unspecified atom stereocenters. The Hall–Kier alpha value is -2.53. The Morgan fingerprint density at radius 1 is 1.18 bits per heavy atom. The molecule has 0 radical (unpaired) electrons. The van der Waals surface area contributed by atoms with Gasteiger partial charge in [-0.1, -0.05) is 23.7 Å². The van der Waals surface area contributed by atoms with Gasteiger partial charge in [0.2, 0.25) is 5.91 Å². The second kappa shape index (κ2) is 7.47. The first-order valence-electron chi connectivity index (χ1n) is 6.46. The number of amides is 1. The van der Waals surface area contributed by atoms with Crippen molar-refractivity contribution < 1.29 is 14.3 Å². The SMILES string of the molecule is COc1ccc(/C=C/C(=O)Nc2cccc(Cl)n2)cc1OC. The van der Waals surface area contributed by atoms with Crippen molar-refractivity contribution in [2.45, 2.75) is 0 Å². The maximum absolute atomic E-state index is 11.8. The lowest BCUT2D eigenvalue weighted by atomic mass is 10.2. The predicted molar refractivity (Wildman–Crippen MR) is 86.5 cm³/mol. The predicted octanol–water partition coefficient (Wildman–Crippen LogP) is 3.40. The first-order chi connectivity index (χ1) is 10.6. The number of pyridine rings is 1. The molecule has 1 aromatic heterocycles. The number of ether oxygens (including phenoxy) is 2. The van der Waals surface area contributed by atoms with Gasteiger partial charge in [-0.05, 0) is 35.9 Å². The molecule has 0 aliphatic carbocycles. The molecule has 0 saturated carbocycles. The molecule has 0 saturated heterocycles. The van der Waals surface area contributed by atoms with Gasteiger partial charge in [-0.15, -0.1) is 0 Å². The second-order valence-electron chi connectivity index (χ2n) is 4.28. The molecule has 0 bridgehead atoms. The van der Waals surface area contributed by atoms with Crippen molar-refractivity contribution in [3.8, 4) is 11.5 Å². The summed E-state index contributed by atoms with van der Waals surface area (Å²) >= 11 is 5.76. The van der Waals surface area contributed by atoms with E-state index in [0.717, 1.165) is 5.56 Å². The third-order valence-corrected chi connectivity index (χ3v) is 3.01. The molecule has 1 aromatic carbocycles. The van der Waals surface area contributed by atoms with Crippen LogP contribution in [0.5, 0.6) is 11.5 Å². The molecule has 2 rings (SSSR count). The van der Waals surface area contributed by atoms with Crippen molar-refractivity contribution >= 4 is 29.4 Å². The molecule has 2 aromatic rings. The highest BCUT2D eigenvalue weighted by Crippen LogP contribution is 2.27. The zero-order valence-electron chi connectivity index (χ0n) is 12.2. The van der Waals surface area contributed by atoms with Gasteiger partial charge < -0.3 is 14.8 Å². The van der Waals surface area contributed by atoms with E-state index in [1.165, 1.54) is 6.08 Å². The topological polar surface area (TPSA) is 60.5 Å². The largest absolute Gasteiger partial charge is 0.493 e. The van der Waals surface area contributed by atoms with Crippen molar-refractivity contribution in [1.29, 1.82) is 0 Å². The number of methoxy groups -OCH3 is 2. The molecular formula is C16H15ClN2O3. The summed E-state index contributed by atoms with van der Waals surface area (Å²) in [6.07, 6.45) is 3.08. The smallest absolute Gasteiger partial charge is 0.249 e. The zero-order valence-corrected chi connectivity index (χ0v) is 12.9. The van der Waals surface area contributed by atoms with Crippen molar-refractivity contribution in [3.05, 3.63) is 53.2 Å². The molecule has 1 amide bonds. The fourth-order valence-electron chi connectivity index (χ4n) is 1.77. The number of hydrogen-bond donors (Lipinski definition) is 1. The maximum Gasteiger partial charge on any atom is 0.249 e. The van der Waals surface area contributed by atoms with Gasteiger partial charge in [0.15, 0.2) is 11.5 Å². The number of benzene rings is 1. The monoisotopic (exact) mass is 318 g/mol. The van der Waals surface area contributed by atoms with Crippen molar-refractivity contribution in [3.63, 3.8) is 0 Å². The van der Waals surface area contributed by atoms with E-state index in [9.17, 15) is 4.79 Å². The third kappa shape index (κ3) is 4.23. The summed E-state index contributed by atoms with van der Waals surface area (Å²) in [5.41, 5.74) is 0.812. The summed E-state index contributed by atoms with van der Waals surface area (Å²) in [6.45, 7) is 0. The zero-order chi connectivity index (χ0) is 15.9. The number of carbonyl (C=O) groups is 1. The van der Waals surface area contributed by atoms with E-state index in [1.807, 2.05) is 6.07 Å². The van der Waals surface area contributed by atoms with Gasteiger partial charge in [0.05, 0.1) is 14.2 Å². The Bertz CT molecular complexity index is 702. The third-order valence-electron chi connectivity index (χ3n) is 2.80. The minimum atomic E-state index is -0.301. The molecule has 22 heavy (non-hydrogen) atoms. The molecule has 114 valence electrons. The van der Waals surface area contributed by atoms with E-state index >= 15 is 0 Å². The van der Waals surface area contributed by atoms with Crippen LogP contribution in [-0.4, -0.2) is 25.1 Å². The Labute approximate surface area is 133 Å². The Morgan fingerprint density at radius 2 is 1.95 bits per heavy atom. The normalized spacial score (nSPS) is 10.5. The molecule has 0 aliphatic rings. The minimum absolute atomic E-state index is 0.301. The number of nitrogens with one attached hydrogen (secondary N) is 1. The van der Waals surface area contributed by atoms with Gasteiger partial charge in [0.1, 0.15) is 11.0 Å². The van der Waals surface area contributed by atoms with Crippen LogP contribution >= 0.6 is 11.6 Å². The number of halogens is 1. The van der Waals surface area contributed by atoms with E-state index in [1.54, 1.807) is 50.6 Å².